The Morgan fingerprint density at radius 3 is 2.67 bits per heavy atom. The van der Waals surface area contributed by atoms with Gasteiger partial charge in [0.05, 0.1) is 17.0 Å². The lowest BCUT2D eigenvalue weighted by atomic mass is 10.1. The summed E-state index contributed by atoms with van der Waals surface area (Å²) >= 11 is 0. The lowest BCUT2D eigenvalue weighted by molar-refractivity contribution is 0.0697. The van der Waals surface area contributed by atoms with Crippen molar-refractivity contribution in [1.82, 2.24) is 0 Å². The SMILES string of the molecule is O=C(O)c1ccc2c(O)cc(=O)oc2c1. The predicted octanol–water partition coefficient (Wildman–Crippen LogP) is 1.20. The van der Waals surface area contributed by atoms with Gasteiger partial charge in [-0.25, -0.2) is 9.59 Å². The van der Waals surface area contributed by atoms with Gasteiger partial charge in [-0.3, -0.25) is 0 Å². The number of hydrogen-bond donors (Lipinski definition) is 2. The molecule has 2 N–H and O–H groups in total. The number of carboxylic acid groups (broad SMARTS) is 1. The van der Waals surface area contributed by atoms with Crippen LogP contribution in [0.1, 0.15) is 10.4 Å². The van der Waals surface area contributed by atoms with Crippen LogP contribution in [0.3, 0.4) is 0 Å². The lowest BCUT2D eigenvalue weighted by Gasteiger charge is -1.99. The topological polar surface area (TPSA) is 87.7 Å². The number of carbonyl (C=O) groups is 1. The van der Waals surface area contributed by atoms with E-state index in [1.54, 1.807) is 0 Å². The average Bonchev–Trinajstić information content (AvgIpc) is 2.16. The van der Waals surface area contributed by atoms with Crippen molar-refractivity contribution in [3.05, 3.63) is 40.2 Å². The standard InChI is InChI=1S/C10H6O5/c11-7-4-9(12)15-8-3-5(10(13)14)1-2-6(7)8/h1-4,11H,(H,13,14). The lowest BCUT2D eigenvalue weighted by Crippen LogP contribution is -1.98. The van der Waals surface area contributed by atoms with Gasteiger partial charge in [0.15, 0.2) is 0 Å². The summed E-state index contributed by atoms with van der Waals surface area (Å²) in [5.41, 5.74) is -0.668. The number of rotatable bonds is 1. The molecule has 0 bridgehead atoms. The number of carboxylic acids is 1. The maximum Gasteiger partial charge on any atom is 0.339 e. The minimum atomic E-state index is -1.12. The molecule has 0 saturated heterocycles. The third kappa shape index (κ3) is 1.54. The molecule has 2 aromatic rings. The molecule has 0 aliphatic rings. The van der Waals surface area contributed by atoms with Gasteiger partial charge in [0.2, 0.25) is 0 Å². The van der Waals surface area contributed by atoms with Gasteiger partial charge in [0, 0.05) is 0 Å². The maximum absolute atomic E-state index is 10.9. The highest BCUT2D eigenvalue weighted by molar-refractivity contribution is 5.93. The smallest absolute Gasteiger partial charge is 0.339 e. The maximum atomic E-state index is 10.9. The van der Waals surface area contributed by atoms with Crippen molar-refractivity contribution in [3.63, 3.8) is 0 Å². The molecule has 0 aliphatic carbocycles. The fourth-order valence-electron chi connectivity index (χ4n) is 1.28. The second-order valence-corrected chi connectivity index (χ2v) is 2.97. The van der Waals surface area contributed by atoms with Crippen molar-refractivity contribution >= 4 is 16.9 Å². The summed E-state index contributed by atoms with van der Waals surface area (Å²) in [5.74, 6) is -1.35. The molecule has 0 unspecified atom stereocenters. The molecule has 1 heterocycles. The summed E-state index contributed by atoms with van der Waals surface area (Å²) in [7, 11) is 0. The predicted molar refractivity (Wildman–Crippen MR) is 51.1 cm³/mol. The van der Waals surface area contributed by atoms with Crippen molar-refractivity contribution in [1.29, 1.82) is 0 Å². The van der Waals surface area contributed by atoms with Crippen LogP contribution in [0.15, 0.2) is 33.5 Å². The number of benzene rings is 1. The first-order valence-corrected chi connectivity index (χ1v) is 4.08. The zero-order valence-electron chi connectivity index (χ0n) is 7.43. The molecule has 0 fully saturated rings. The van der Waals surface area contributed by atoms with E-state index in [-0.39, 0.29) is 16.9 Å². The van der Waals surface area contributed by atoms with E-state index < -0.39 is 11.6 Å². The zero-order chi connectivity index (χ0) is 11.0. The monoisotopic (exact) mass is 206 g/mol. The van der Waals surface area contributed by atoms with Crippen LogP contribution in [-0.2, 0) is 0 Å². The van der Waals surface area contributed by atoms with Crippen molar-refractivity contribution in [2.75, 3.05) is 0 Å². The highest BCUT2D eigenvalue weighted by Gasteiger charge is 2.08. The van der Waals surface area contributed by atoms with E-state index in [0.29, 0.717) is 5.39 Å². The van der Waals surface area contributed by atoms with Gasteiger partial charge in [0.1, 0.15) is 11.3 Å². The number of aromatic hydroxyl groups is 1. The molecule has 1 aromatic heterocycles. The summed E-state index contributed by atoms with van der Waals surface area (Å²) in [6.45, 7) is 0. The van der Waals surface area contributed by atoms with Gasteiger partial charge in [-0.05, 0) is 18.2 Å². The van der Waals surface area contributed by atoms with E-state index in [0.717, 1.165) is 6.07 Å². The molecule has 0 amide bonds. The normalized spacial score (nSPS) is 10.4. The van der Waals surface area contributed by atoms with E-state index >= 15 is 0 Å². The van der Waals surface area contributed by atoms with Gasteiger partial charge < -0.3 is 14.6 Å². The molecule has 1 aromatic carbocycles. The fraction of sp³-hybridized carbons (Fsp3) is 0. The van der Waals surface area contributed by atoms with Crippen molar-refractivity contribution in [2.24, 2.45) is 0 Å². The molecule has 5 heteroatoms. The molecule has 5 nitrogen and oxygen atoms in total. The van der Waals surface area contributed by atoms with Crippen molar-refractivity contribution in [3.8, 4) is 5.75 Å². The summed E-state index contributed by atoms with van der Waals surface area (Å²) in [6.07, 6.45) is 0. The summed E-state index contributed by atoms with van der Waals surface area (Å²) in [4.78, 5) is 21.5. The highest BCUT2D eigenvalue weighted by atomic mass is 16.4. The molecular weight excluding hydrogens is 200 g/mol. The van der Waals surface area contributed by atoms with E-state index in [2.05, 4.69) is 0 Å². The molecule has 0 aliphatic heterocycles. The average molecular weight is 206 g/mol. The first-order valence-electron chi connectivity index (χ1n) is 4.08. The molecule has 0 spiro atoms. The second kappa shape index (κ2) is 3.13. The number of aromatic carboxylic acids is 1. The highest BCUT2D eigenvalue weighted by Crippen LogP contribution is 2.22. The molecule has 76 valence electrons. The van der Waals surface area contributed by atoms with Gasteiger partial charge in [-0.1, -0.05) is 0 Å². The summed E-state index contributed by atoms with van der Waals surface area (Å²) < 4.78 is 4.75. The minimum absolute atomic E-state index is 0.00347. The Balaban J connectivity index is 2.82. The Hall–Kier alpha value is -2.30. The Labute approximate surface area is 83.2 Å². The van der Waals surface area contributed by atoms with Crippen LogP contribution in [0.25, 0.3) is 11.0 Å². The Bertz CT molecular complexity index is 596. The molecule has 15 heavy (non-hydrogen) atoms. The van der Waals surface area contributed by atoms with Crippen molar-refractivity contribution < 1.29 is 19.4 Å². The quantitative estimate of drug-likeness (QED) is 0.684. The molecule has 0 radical (unpaired) electrons. The van der Waals surface area contributed by atoms with Gasteiger partial charge in [-0.2, -0.15) is 0 Å². The Morgan fingerprint density at radius 2 is 2.00 bits per heavy atom. The first-order chi connectivity index (χ1) is 7.08. The van der Waals surface area contributed by atoms with Crippen LogP contribution in [0.5, 0.6) is 5.75 Å². The van der Waals surface area contributed by atoms with Crippen LogP contribution in [0.2, 0.25) is 0 Å². The van der Waals surface area contributed by atoms with Gasteiger partial charge >= 0.3 is 11.6 Å². The Morgan fingerprint density at radius 1 is 1.27 bits per heavy atom. The first kappa shape index (κ1) is 9.26. The zero-order valence-corrected chi connectivity index (χ0v) is 7.43. The van der Waals surface area contributed by atoms with E-state index in [4.69, 9.17) is 9.52 Å². The van der Waals surface area contributed by atoms with Crippen LogP contribution in [0.4, 0.5) is 0 Å². The van der Waals surface area contributed by atoms with Crippen LogP contribution >= 0.6 is 0 Å². The van der Waals surface area contributed by atoms with E-state index in [9.17, 15) is 14.7 Å². The van der Waals surface area contributed by atoms with Crippen LogP contribution in [-0.4, -0.2) is 16.2 Å². The second-order valence-electron chi connectivity index (χ2n) is 2.97. The summed E-state index contributed by atoms with van der Waals surface area (Å²) in [6, 6.07) is 4.84. The molecule has 0 atom stereocenters. The van der Waals surface area contributed by atoms with Crippen LogP contribution in [0, 0.1) is 0 Å². The third-order valence-corrected chi connectivity index (χ3v) is 1.97. The number of hydrogen-bond acceptors (Lipinski definition) is 4. The van der Waals surface area contributed by atoms with Gasteiger partial charge in [-0.15, -0.1) is 0 Å². The number of fused-ring (bicyclic) bond motifs is 1. The van der Waals surface area contributed by atoms with Crippen LogP contribution < -0.4 is 5.63 Å². The third-order valence-electron chi connectivity index (χ3n) is 1.97. The molecule has 2 rings (SSSR count). The molecule has 0 saturated carbocycles. The largest absolute Gasteiger partial charge is 0.507 e. The minimum Gasteiger partial charge on any atom is -0.507 e. The van der Waals surface area contributed by atoms with Crippen molar-refractivity contribution in [2.45, 2.75) is 0 Å². The summed E-state index contributed by atoms with van der Waals surface area (Å²) in [5, 5.41) is 18.4. The van der Waals surface area contributed by atoms with E-state index in [1.807, 2.05) is 0 Å². The van der Waals surface area contributed by atoms with E-state index in [1.165, 1.54) is 18.2 Å². The molecular formula is C10H6O5. The van der Waals surface area contributed by atoms with Gasteiger partial charge in [0.25, 0.3) is 0 Å². The fourth-order valence-corrected chi connectivity index (χ4v) is 1.28. The Kier molecular flexibility index (Phi) is 1.93.